The van der Waals surface area contributed by atoms with Crippen molar-refractivity contribution < 1.29 is 4.79 Å². The summed E-state index contributed by atoms with van der Waals surface area (Å²) in [6.45, 7) is 3.82. The van der Waals surface area contributed by atoms with Crippen LogP contribution in [0.1, 0.15) is 29.2 Å². The lowest BCUT2D eigenvalue weighted by Crippen LogP contribution is -2.30. The summed E-state index contributed by atoms with van der Waals surface area (Å²) < 4.78 is 1.98. The van der Waals surface area contributed by atoms with Gasteiger partial charge in [-0.2, -0.15) is 0 Å². The maximum atomic E-state index is 12.6. The number of likely N-dealkylation sites (tertiary alicyclic amines) is 1. The SMILES string of the molecule is Cc1ccccc1C1CCN(C(=O)Cc2cn3ccsc3n2)C1. The molecule has 1 unspecified atom stereocenters. The zero-order chi connectivity index (χ0) is 15.8. The molecule has 4 rings (SSSR count). The van der Waals surface area contributed by atoms with E-state index in [4.69, 9.17) is 0 Å². The zero-order valence-electron chi connectivity index (χ0n) is 13.1. The van der Waals surface area contributed by atoms with Crippen LogP contribution in [-0.2, 0) is 11.2 Å². The van der Waals surface area contributed by atoms with E-state index >= 15 is 0 Å². The highest BCUT2D eigenvalue weighted by Crippen LogP contribution is 2.29. The smallest absolute Gasteiger partial charge is 0.228 e. The van der Waals surface area contributed by atoms with Crippen LogP contribution in [-0.4, -0.2) is 33.3 Å². The van der Waals surface area contributed by atoms with E-state index in [1.54, 1.807) is 11.3 Å². The fourth-order valence-corrected chi connectivity index (χ4v) is 4.13. The highest BCUT2D eigenvalue weighted by Gasteiger charge is 2.28. The van der Waals surface area contributed by atoms with E-state index < -0.39 is 0 Å². The van der Waals surface area contributed by atoms with Crippen LogP contribution in [0.2, 0.25) is 0 Å². The molecule has 4 nitrogen and oxygen atoms in total. The fraction of sp³-hybridized carbons (Fsp3) is 0.333. The minimum Gasteiger partial charge on any atom is -0.342 e. The molecule has 0 spiro atoms. The summed E-state index contributed by atoms with van der Waals surface area (Å²) in [6, 6.07) is 8.50. The molecule has 1 atom stereocenters. The van der Waals surface area contributed by atoms with Gasteiger partial charge in [-0.1, -0.05) is 24.3 Å². The first-order valence-electron chi connectivity index (χ1n) is 7.95. The summed E-state index contributed by atoms with van der Waals surface area (Å²) in [5.74, 6) is 0.650. The molecule has 23 heavy (non-hydrogen) atoms. The zero-order valence-corrected chi connectivity index (χ0v) is 13.9. The second-order valence-electron chi connectivity index (χ2n) is 6.18. The van der Waals surface area contributed by atoms with Gasteiger partial charge in [-0.15, -0.1) is 11.3 Å². The first-order valence-corrected chi connectivity index (χ1v) is 8.83. The van der Waals surface area contributed by atoms with Gasteiger partial charge in [0.15, 0.2) is 4.96 Å². The van der Waals surface area contributed by atoms with Crippen LogP contribution in [0, 0.1) is 6.92 Å². The average molecular weight is 325 g/mol. The highest BCUT2D eigenvalue weighted by atomic mass is 32.1. The third-order valence-electron chi connectivity index (χ3n) is 4.64. The molecule has 0 N–H and O–H groups in total. The van der Waals surface area contributed by atoms with Gasteiger partial charge in [0.2, 0.25) is 5.91 Å². The molecule has 3 aromatic rings. The van der Waals surface area contributed by atoms with E-state index in [-0.39, 0.29) is 5.91 Å². The van der Waals surface area contributed by atoms with Crippen molar-refractivity contribution in [1.29, 1.82) is 0 Å². The Hall–Kier alpha value is -2.14. The second-order valence-corrected chi connectivity index (χ2v) is 7.06. The molecule has 118 valence electrons. The first kappa shape index (κ1) is 14.5. The molecule has 0 bridgehead atoms. The third-order valence-corrected chi connectivity index (χ3v) is 5.42. The molecule has 1 saturated heterocycles. The molecular weight excluding hydrogens is 306 g/mol. The minimum absolute atomic E-state index is 0.187. The van der Waals surface area contributed by atoms with Crippen molar-refractivity contribution in [2.24, 2.45) is 0 Å². The number of amides is 1. The molecule has 1 amide bonds. The number of fused-ring (bicyclic) bond motifs is 1. The van der Waals surface area contributed by atoms with E-state index in [1.165, 1.54) is 11.1 Å². The Labute approximate surface area is 139 Å². The third kappa shape index (κ3) is 2.77. The van der Waals surface area contributed by atoms with Gasteiger partial charge in [0, 0.05) is 36.8 Å². The monoisotopic (exact) mass is 325 g/mol. The number of rotatable bonds is 3. The van der Waals surface area contributed by atoms with Crippen molar-refractivity contribution in [3.8, 4) is 0 Å². The summed E-state index contributed by atoms with van der Waals surface area (Å²) in [4.78, 5) is 20.0. The predicted octanol–water partition coefficient (Wildman–Crippen LogP) is 3.26. The fourth-order valence-electron chi connectivity index (χ4n) is 3.41. The number of hydrogen-bond donors (Lipinski definition) is 0. The molecular formula is C18H19N3OS. The van der Waals surface area contributed by atoms with Crippen molar-refractivity contribution in [1.82, 2.24) is 14.3 Å². The van der Waals surface area contributed by atoms with Crippen LogP contribution in [0.4, 0.5) is 0 Å². The summed E-state index contributed by atoms with van der Waals surface area (Å²) >= 11 is 1.59. The predicted molar refractivity (Wildman–Crippen MR) is 91.9 cm³/mol. The number of benzene rings is 1. The lowest BCUT2D eigenvalue weighted by Gasteiger charge is -2.17. The van der Waals surface area contributed by atoms with E-state index in [0.29, 0.717) is 12.3 Å². The second kappa shape index (κ2) is 5.81. The number of aromatic nitrogens is 2. The number of thiazole rings is 1. The Morgan fingerprint density at radius 2 is 2.26 bits per heavy atom. The molecule has 1 fully saturated rings. The van der Waals surface area contributed by atoms with Gasteiger partial charge in [-0.25, -0.2) is 4.98 Å². The van der Waals surface area contributed by atoms with E-state index in [2.05, 4.69) is 36.2 Å². The van der Waals surface area contributed by atoms with Gasteiger partial charge >= 0.3 is 0 Å². The Kier molecular flexibility index (Phi) is 3.65. The van der Waals surface area contributed by atoms with E-state index in [9.17, 15) is 4.79 Å². The van der Waals surface area contributed by atoms with Gasteiger partial charge < -0.3 is 4.90 Å². The first-order chi connectivity index (χ1) is 11.2. The van der Waals surface area contributed by atoms with Crippen molar-refractivity contribution in [2.75, 3.05) is 13.1 Å². The maximum Gasteiger partial charge on any atom is 0.228 e. The minimum atomic E-state index is 0.187. The largest absolute Gasteiger partial charge is 0.342 e. The molecule has 1 aliphatic rings. The van der Waals surface area contributed by atoms with Crippen LogP contribution in [0.25, 0.3) is 4.96 Å². The Balaban J connectivity index is 1.44. The van der Waals surface area contributed by atoms with E-state index in [1.807, 2.05) is 27.1 Å². The van der Waals surface area contributed by atoms with Gasteiger partial charge in [0.05, 0.1) is 12.1 Å². The van der Waals surface area contributed by atoms with Gasteiger partial charge in [0.25, 0.3) is 0 Å². The number of aryl methyl sites for hydroxylation is 1. The number of nitrogens with zero attached hydrogens (tertiary/aromatic N) is 3. The summed E-state index contributed by atoms with van der Waals surface area (Å²) in [5.41, 5.74) is 3.56. The standard InChI is InChI=1S/C18H19N3OS/c1-13-4-2-3-5-16(13)14-6-7-20(11-14)17(22)10-15-12-21-8-9-23-18(21)19-15/h2-5,8-9,12,14H,6-7,10-11H2,1H3. The Bertz CT molecular complexity index is 822. The highest BCUT2D eigenvalue weighted by molar-refractivity contribution is 7.15. The number of hydrogen-bond acceptors (Lipinski definition) is 3. The Morgan fingerprint density at radius 1 is 1.39 bits per heavy atom. The average Bonchev–Trinajstić information content (AvgIpc) is 3.22. The van der Waals surface area contributed by atoms with Crippen LogP contribution in [0.15, 0.2) is 42.0 Å². The summed E-state index contributed by atoms with van der Waals surface area (Å²) in [5, 5.41) is 2.00. The molecule has 2 aromatic heterocycles. The lowest BCUT2D eigenvalue weighted by molar-refractivity contribution is -0.129. The van der Waals surface area contributed by atoms with Crippen LogP contribution in [0.3, 0.4) is 0 Å². The van der Waals surface area contributed by atoms with Crippen molar-refractivity contribution in [3.63, 3.8) is 0 Å². The summed E-state index contributed by atoms with van der Waals surface area (Å²) in [7, 11) is 0. The molecule has 0 radical (unpaired) electrons. The number of carbonyl (C=O) groups excluding carboxylic acids is 1. The number of imidazole rings is 1. The Morgan fingerprint density at radius 3 is 3.09 bits per heavy atom. The quantitative estimate of drug-likeness (QED) is 0.741. The molecule has 0 aliphatic carbocycles. The topological polar surface area (TPSA) is 37.6 Å². The molecule has 3 heterocycles. The van der Waals surface area contributed by atoms with Gasteiger partial charge in [-0.05, 0) is 24.5 Å². The molecule has 1 aromatic carbocycles. The maximum absolute atomic E-state index is 12.6. The molecule has 5 heteroatoms. The summed E-state index contributed by atoms with van der Waals surface area (Å²) in [6.07, 6.45) is 5.38. The van der Waals surface area contributed by atoms with Gasteiger partial charge in [-0.3, -0.25) is 9.20 Å². The molecule has 0 saturated carbocycles. The van der Waals surface area contributed by atoms with Crippen LogP contribution >= 0.6 is 11.3 Å². The van der Waals surface area contributed by atoms with Gasteiger partial charge in [0.1, 0.15) is 0 Å². The van der Waals surface area contributed by atoms with Crippen LogP contribution < -0.4 is 0 Å². The lowest BCUT2D eigenvalue weighted by atomic mass is 9.94. The normalized spacial score (nSPS) is 18.0. The van der Waals surface area contributed by atoms with Crippen molar-refractivity contribution in [3.05, 3.63) is 58.9 Å². The van der Waals surface area contributed by atoms with E-state index in [0.717, 1.165) is 30.2 Å². The van der Waals surface area contributed by atoms with Crippen LogP contribution in [0.5, 0.6) is 0 Å². The van der Waals surface area contributed by atoms with Crippen molar-refractivity contribution in [2.45, 2.75) is 25.7 Å². The van der Waals surface area contributed by atoms with Crippen molar-refractivity contribution >= 4 is 22.2 Å². The molecule has 1 aliphatic heterocycles. The number of carbonyl (C=O) groups is 1.